The van der Waals surface area contributed by atoms with Crippen LogP contribution in [0.3, 0.4) is 0 Å². The Kier molecular flexibility index (Phi) is 16.0. The monoisotopic (exact) mass is 838 g/mol. The van der Waals surface area contributed by atoms with Crippen molar-refractivity contribution in [1.82, 2.24) is 0 Å². The number of nitrogens with zero attached hydrogens (tertiary/aromatic N) is 1. The highest BCUT2D eigenvalue weighted by Gasteiger charge is 2.18. The van der Waals surface area contributed by atoms with Crippen molar-refractivity contribution in [1.29, 1.82) is 0 Å². The van der Waals surface area contributed by atoms with Crippen molar-refractivity contribution in [2.45, 2.75) is 7.43 Å². The summed E-state index contributed by atoms with van der Waals surface area (Å²) in [5.74, 6) is 2.80. The van der Waals surface area contributed by atoms with Gasteiger partial charge in [0.25, 0.3) is 0 Å². The molecule has 0 saturated heterocycles. The second-order valence-electron chi connectivity index (χ2n) is 11.8. The molecule has 8 aromatic carbocycles. The van der Waals surface area contributed by atoms with E-state index in [2.05, 4.69) is 50.4 Å². The second-order valence-corrected chi connectivity index (χ2v) is 13.4. The molecule has 7 heteroatoms. The lowest BCUT2D eigenvalue weighted by Gasteiger charge is -2.27. The summed E-state index contributed by atoms with van der Waals surface area (Å²) in [6.45, 7) is 0. The van der Waals surface area contributed by atoms with Crippen LogP contribution in [0.15, 0.2) is 223 Å². The molecule has 8 rings (SSSR count). The number of hydrogen-bond acceptors (Lipinski definition) is 4. The predicted molar refractivity (Wildman–Crippen MR) is 241 cm³/mol. The summed E-state index contributed by atoms with van der Waals surface area (Å²) in [4.78, 5) is 2.13. The molecule has 280 valence electrons. The van der Waals surface area contributed by atoms with Gasteiger partial charge >= 0.3 is 0 Å². The minimum Gasteiger partial charge on any atom is -0.456 e. The standard InChI is InChI=1S/C24H18ClNO.C12H8BrClO.C12H11N.CH4/c25-24-22(17-10-18-23(24)27-21-15-8-3-9-16-21)26(19-11-4-1-5-12-19)20-13-6-2-7-14-20;13-10-7-4-8-11(12(10)14)15-9-5-2-1-3-6-9;1-3-7-11(8-4-1)13-12-9-5-2-6-10-12;/h1-18H;1-8H;1-10,13H;1H4. The normalized spacial score (nSPS) is 9.91. The number of para-hydroxylation sites is 6. The number of hydrogen-bond donors (Lipinski definition) is 1. The Morgan fingerprint density at radius 2 is 0.750 bits per heavy atom. The van der Waals surface area contributed by atoms with E-state index >= 15 is 0 Å². The summed E-state index contributed by atoms with van der Waals surface area (Å²) in [5, 5.41) is 4.45. The van der Waals surface area contributed by atoms with Gasteiger partial charge in [-0.3, -0.25) is 0 Å². The summed E-state index contributed by atoms with van der Waals surface area (Å²) >= 11 is 16.2. The molecule has 0 amide bonds. The average molecular weight is 841 g/mol. The SMILES string of the molecule is C.Clc1c(Br)cccc1Oc1ccccc1.Clc1c(Oc2ccccc2)cccc1N(c1ccccc1)c1ccccc1.c1ccc(Nc2ccccc2)cc1. The van der Waals surface area contributed by atoms with Crippen LogP contribution in [-0.2, 0) is 0 Å². The first-order valence-electron chi connectivity index (χ1n) is 17.5. The molecule has 0 radical (unpaired) electrons. The molecule has 0 aromatic heterocycles. The van der Waals surface area contributed by atoms with Crippen molar-refractivity contribution in [3.63, 3.8) is 0 Å². The summed E-state index contributed by atoms with van der Waals surface area (Å²) in [5.41, 5.74) is 5.16. The molecule has 56 heavy (non-hydrogen) atoms. The zero-order chi connectivity index (χ0) is 38.1. The average Bonchev–Trinajstić information content (AvgIpc) is 3.24. The van der Waals surface area contributed by atoms with Crippen LogP contribution in [-0.4, -0.2) is 0 Å². The second kappa shape index (κ2) is 21.8. The molecule has 4 nitrogen and oxygen atoms in total. The van der Waals surface area contributed by atoms with E-state index in [1.165, 1.54) is 0 Å². The van der Waals surface area contributed by atoms with E-state index in [1.807, 2.05) is 194 Å². The highest BCUT2D eigenvalue weighted by atomic mass is 79.9. The molecule has 0 aliphatic carbocycles. The lowest BCUT2D eigenvalue weighted by Crippen LogP contribution is -2.10. The Morgan fingerprint density at radius 1 is 0.393 bits per heavy atom. The number of rotatable bonds is 9. The van der Waals surface area contributed by atoms with Gasteiger partial charge in [-0.25, -0.2) is 0 Å². The summed E-state index contributed by atoms with van der Waals surface area (Å²) in [7, 11) is 0. The van der Waals surface area contributed by atoms with E-state index in [0.29, 0.717) is 21.5 Å². The van der Waals surface area contributed by atoms with Crippen LogP contribution in [0.2, 0.25) is 10.0 Å². The Morgan fingerprint density at radius 3 is 1.18 bits per heavy atom. The van der Waals surface area contributed by atoms with Crippen molar-refractivity contribution in [3.8, 4) is 23.0 Å². The summed E-state index contributed by atoms with van der Waals surface area (Å²) in [6, 6.07) is 71.3. The van der Waals surface area contributed by atoms with Gasteiger partial charge in [0, 0.05) is 27.2 Å². The predicted octanol–water partition coefficient (Wildman–Crippen LogP) is 16.6. The van der Waals surface area contributed by atoms with Crippen LogP contribution in [0.25, 0.3) is 0 Å². The number of ether oxygens (including phenoxy) is 2. The molecule has 0 heterocycles. The van der Waals surface area contributed by atoms with Crippen LogP contribution < -0.4 is 19.7 Å². The highest BCUT2D eigenvalue weighted by molar-refractivity contribution is 9.10. The number of anilines is 5. The Labute approximate surface area is 348 Å². The fourth-order valence-corrected chi connectivity index (χ4v) is 6.10. The number of halogens is 3. The molecule has 0 fully saturated rings. The topological polar surface area (TPSA) is 33.7 Å². The van der Waals surface area contributed by atoms with Gasteiger partial charge in [-0.1, -0.05) is 152 Å². The lowest BCUT2D eigenvalue weighted by molar-refractivity contribution is 0.482. The smallest absolute Gasteiger partial charge is 0.148 e. The molecular weight excluding hydrogens is 799 g/mol. The van der Waals surface area contributed by atoms with Gasteiger partial charge in [0.1, 0.15) is 28.0 Å². The van der Waals surface area contributed by atoms with E-state index < -0.39 is 0 Å². The number of nitrogens with one attached hydrogen (secondary N) is 1. The van der Waals surface area contributed by atoms with Crippen molar-refractivity contribution >= 4 is 67.6 Å². The van der Waals surface area contributed by atoms with Gasteiger partial charge in [0.2, 0.25) is 0 Å². The fourth-order valence-electron chi connectivity index (χ4n) is 5.34. The van der Waals surface area contributed by atoms with Crippen LogP contribution in [0, 0.1) is 0 Å². The highest BCUT2D eigenvalue weighted by Crippen LogP contribution is 2.43. The van der Waals surface area contributed by atoms with Crippen LogP contribution in [0.5, 0.6) is 23.0 Å². The molecule has 0 atom stereocenters. The first-order valence-corrected chi connectivity index (χ1v) is 19.1. The minimum atomic E-state index is 0. The van der Waals surface area contributed by atoms with E-state index in [0.717, 1.165) is 44.4 Å². The van der Waals surface area contributed by atoms with Crippen LogP contribution >= 0.6 is 39.1 Å². The first-order chi connectivity index (χ1) is 27.0. The third kappa shape index (κ3) is 12.0. The number of benzene rings is 8. The summed E-state index contributed by atoms with van der Waals surface area (Å²) in [6.07, 6.45) is 0. The molecule has 1 N–H and O–H groups in total. The van der Waals surface area contributed by atoms with E-state index in [4.69, 9.17) is 32.7 Å². The molecule has 0 aliphatic heterocycles. The molecule has 0 spiro atoms. The maximum Gasteiger partial charge on any atom is 0.148 e. The van der Waals surface area contributed by atoms with Crippen molar-refractivity contribution < 1.29 is 9.47 Å². The van der Waals surface area contributed by atoms with E-state index in [1.54, 1.807) is 0 Å². The maximum atomic E-state index is 6.79. The Balaban J connectivity index is 0.000000175. The Hall–Kier alpha value is -5.98. The van der Waals surface area contributed by atoms with Crippen molar-refractivity contribution in [3.05, 3.63) is 233 Å². The van der Waals surface area contributed by atoms with Crippen molar-refractivity contribution in [2.75, 3.05) is 10.2 Å². The maximum absolute atomic E-state index is 6.79. The van der Waals surface area contributed by atoms with Gasteiger partial charge in [-0.2, -0.15) is 0 Å². The third-order valence-corrected chi connectivity index (χ3v) is 9.57. The largest absolute Gasteiger partial charge is 0.456 e. The summed E-state index contributed by atoms with van der Waals surface area (Å²) < 4.78 is 12.5. The molecule has 0 unspecified atom stereocenters. The first kappa shape index (κ1) is 41.2. The zero-order valence-corrected chi connectivity index (χ0v) is 32.8. The molecule has 8 aromatic rings. The van der Waals surface area contributed by atoms with E-state index in [-0.39, 0.29) is 7.43 Å². The van der Waals surface area contributed by atoms with Crippen LogP contribution in [0.1, 0.15) is 7.43 Å². The van der Waals surface area contributed by atoms with Gasteiger partial charge in [0.15, 0.2) is 0 Å². The van der Waals surface area contributed by atoms with Gasteiger partial charge in [-0.15, -0.1) is 0 Å². The molecule has 0 saturated carbocycles. The van der Waals surface area contributed by atoms with Crippen LogP contribution in [0.4, 0.5) is 28.4 Å². The lowest BCUT2D eigenvalue weighted by atomic mass is 10.2. The zero-order valence-electron chi connectivity index (χ0n) is 29.7. The molecule has 0 aliphatic rings. The Bertz CT molecular complexity index is 2240. The van der Waals surface area contributed by atoms with E-state index in [9.17, 15) is 0 Å². The molecule has 0 bridgehead atoms. The molecular formula is C49H41BrCl2N2O2. The van der Waals surface area contributed by atoms with Crippen molar-refractivity contribution in [2.24, 2.45) is 0 Å². The minimum absolute atomic E-state index is 0. The quantitative estimate of drug-likeness (QED) is 0.157. The van der Waals surface area contributed by atoms with Gasteiger partial charge in [0.05, 0.1) is 10.7 Å². The third-order valence-electron chi connectivity index (χ3n) is 7.91. The van der Waals surface area contributed by atoms with Gasteiger partial charge < -0.3 is 19.7 Å². The fraction of sp³-hybridized carbons (Fsp3) is 0.0204. The van der Waals surface area contributed by atoms with Gasteiger partial charge in [-0.05, 0) is 113 Å².